The first kappa shape index (κ1) is 18.8. The summed E-state index contributed by atoms with van der Waals surface area (Å²) in [6, 6.07) is 0. The number of esters is 3. The van der Waals surface area contributed by atoms with Gasteiger partial charge in [0.2, 0.25) is 0 Å². The van der Waals surface area contributed by atoms with Gasteiger partial charge in [-0.1, -0.05) is 19.7 Å². The predicted molar refractivity (Wildman–Crippen MR) is 84.2 cm³/mol. The summed E-state index contributed by atoms with van der Waals surface area (Å²) >= 11 is 0. The molecule has 0 bridgehead atoms. The van der Waals surface area contributed by atoms with Crippen molar-refractivity contribution in [1.29, 1.82) is 0 Å². The van der Waals surface area contributed by atoms with Gasteiger partial charge in [-0.3, -0.25) is 4.98 Å². The first-order valence-electron chi connectivity index (χ1n) is 6.84. The van der Waals surface area contributed by atoms with Crippen LogP contribution in [0, 0.1) is 0 Å². The zero-order valence-electron chi connectivity index (χ0n) is 13.0. The van der Waals surface area contributed by atoms with Crippen LogP contribution in [0.1, 0.15) is 16.7 Å². The van der Waals surface area contributed by atoms with Crippen LogP contribution in [0.2, 0.25) is 0 Å². The summed E-state index contributed by atoms with van der Waals surface area (Å²) in [4.78, 5) is 37.7. The van der Waals surface area contributed by atoms with Crippen molar-refractivity contribution in [3.05, 3.63) is 67.0 Å². The maximum Gasteiger partial charge on any atom is 0.330 e. The fourth-order valence-corrected chi connectivity index (χ4v) is 1.63. The lowest BCUT2D eigenvalue weighted by molar-refractivity contribution is -0.141. The molecule has 0 aliphatic carbocycles. The molecule has 0 radical (unpaired) electrons. The van der Waals surface area contributed by atoms with Crippen molar-refractivity contribution in [3.63, 3.8) is 0 Å². The summed E-state index contributed by atoms with van der Waals surface area (Å²) in [7, 11) is 0. The molecule has 0 aliphatic heterocycles. The Morgan fingerprint density at radius 1 is 0.792 bits per heavy atom. The van der Waals surface area contributed by atoms with Crippen LogP contribution in [-0.4, -0.2) is 22.9 Å². The second-order valence-corrected chi connectivity index (χ2v) is 4.37. The molecule has 24 heavy (non-hydrogen) atoms. The number of hydrogen-bond acceptors (Lipinski definition) is 7. The van der Waals surface area contributed by atoms with Crippen LogP contribution in [0.25, 0.3) is 0 Å². The van der Waals surface area contributed by atoms with Gasteiger partial charge in [-0.25, -0.2) is 14.4 Å². The topological polar surface area (TPSA) is 91.8 Å². The average Bonchev–Trinajstić information content (AvgIpc) is 2.62. The highest BCUT2D eigenvalue weighted by molar-refractivity contribution is 5.82. The standard InChI is InChI=1S/C17H17NO6/c1-4-15(19)22-9-12-7-18-8-13(10-23-16(20)5-2)14(12)11-24-17(21)6-3/h4-8H,1-3,9-11H2. The van der Waals surface area contributed by atoms with E-state index in [-0.39, 0.29) is 19.8 Å². The highest BCUT2D eigenvalue weighted by Crippen LogP contribution is 2.17. The number of pyridine rings is 1. The maximum atomic E-state index is 11.3. The fourth-order valence-electron chi connectivity index (χ4n) is 1.63. The van der Waals surface area contributed by atoms with E-state index >= 15 is 0 Å². The van der Waals surface area contributed by atoms with Crippen LogP contribution in [0.4, 0.5) is 0 Å². The van der Waals surface area contributed by atoms with Crippen molar-refractivity contribution in [2.45, 2.75) is 19.8 Å². The number of aromatic nitrogens is 1. The van der Waals surface area contributed by atoms with E-state index in [0.29, 0.717) is 16.7 Å². The molecule has 7 nitrogen and oxygen atoms in total. The molecule has 126 valence electrons. The monoisotopic (exact) mass is 331 g/mol. The lowest BCUT2D eigenvalue weighted by Gasteiger charge is -2.14. The van der Waals surface area contributed by atoms with E-state index in [1.165, 1.54) is 12.4 Å². The van der Waals surface area contributed by atoms with Gasteiger partial charge >= 0.3 is 17.9 Å². The maximum absolute atomic E-state index is 11.3. The molecule has 0 fully saturated rings. The Hall–Kier alpha value is -3.22. The second-order valence-electron chi connectivity index (χ2n) is 4.37. The molecule has 0 spiro atoms. The lowest BCUT2D eigenvalue weighted by Crippen LogP contribution is -2.11. The lowest BCUT2D eigenvalue weighted by atomic mass is 10.1. The quantitative estimate of drug-likeness (QED) is 0.387. The molecule has 1 rings (SSSR count). The van der Waals surface area contributed by atoms with E-state index in [1.807, 2.05) is 0 Å². The largest absolute Gasteiger partial charge is 0.458 e. The van der Waals surface area contributed by atoms with Gasteiger partial charge in [-0.05, 0) is 0 Å². The molecule has 0 saturated heterocycles. The summed E-state index contributed by atoms with van der Waals surface area (Å²) in [6.45, 7) is 9.61. The Morgan fingerprint density at radius 3 is 1.54 bits per heavy atom. The van der Waals surface area contributed by atoms with Crippen LogP contribution in [0.3, 0.4) is 0 Å². The smallest absolute Gasteiger partial charge is 0.330 e. The van der Waals surface area contributed by atoms with Crippen LogP contribution in [-0.2, 0) is 48.4 Å². The van der Waals surface area contributed by atoms with Crippen molar-refractivity contribution in [2.24, 2.45) is 0 Å². The van der Waals surface area contributed by atoms with Crippen molar-refractivity contribution < 1.29 is 28.6 Å². The molecule has 0 N–H and O–H groups in total. The first-order valence-corrected chi connectivity index (χ1v) is 6.84. The van der Waals surface area contributed by atoms with Crippen molar-refractivity contribution >= 4 is 17.9 Å². The molecule has 0 atom stereocenters. The van der Waals surface area contributed by atoms with Crippen LogP contribution < -0.4 is 0 Å². The van der Waals surface area contributed by atoms with Crippen molar-refractivity contribution in [3.8, 4) is 0 Å². The third-order valence-corrected chi connectivity index (χ3v) is 2.83. The molecular formula is C17H17NO6. The minimum Gasteiger partial charge on any atom is -0.458 e. The first-order chi connectivity index (χ1) is 11.5. The molecule has 7 heteroatoms. The predicted octanol–water partition coefficient (Wildman–Crippen LogP) is 1.77. The highest BCUT2D eigenvalue weighted by atomic mass is 16.5. The summed E-state index contributed by atoms with van der Waals surface area (Å²) < 4.78 is 15.0. The van der Waals surface area contributed by atoms with Gasteiger partial charge in [-0.2, -0.15) is 0 Å². The van der Waals surface area contributed by atoms with E-state index in [9.17, 15) is 14.4 Å². The van der Waals surface area contributed by atoms with E-state index in [1.54, 1.807) is 0 Å². The van der Waals surface area contributed by atoms with Gasteiger partial charge in [-0.15, -0.1) is 0 Å². The third kappa shape index (κ3) is 5.88. The van der Waals surface area contributed by atoms with Gasteiger partial charge < -0.3 is 14.2 Å². The van der Waals surface area contributed by atoms with Crippen LogP contribution in [0.5, 0.6) is 0 Å². The summed E-state index contributed by atoms with van der Waals surface area (Å²) in [6.07, 6.45) is 6.01. The Morgan fingerprint density at radius 2 is 1.17 bits per heavy atom. The summed E-state index contributed by atoms with van der Waals surface area (Å²) in [5, 5.41) is 0. The number of hydrogen-bond donors (Lipinski definition) is 0. The molecule has 1 aromatic heterocycles. The van der Waals surface area contributed by atoms with E-state index in [4.69, 9.17) is 14.2 Å². The van der Waals surface area contributed by atoms with E-state index < -0.39 is 17.9 Å². The van der Waals surface area contributed by atoms with E-state index in [2.05, 4.69) is 24.7 Å². The Balaban J connectivity index is 3.01. The minimum atomic E-state index is -0.616. The number of carbonyl (C=O) groups excluding carboxylic acids is 3. The SMILES string of the molecule is C=CC(=O)OCc1cncc(COC(=O)C=C)c1COC(=O)C=C. The van der Waals surface area contributed by atoms with Gasteiger partial charge in [0.05, 0.1) is 0 Å². The molecule has 0 aromatic carbocycles. The van der Waals surface area contributed by atoms with Gasteiger partial charge in [0.1, 0.15) is 19.8 Å². The highest BCUT2D eigenvalue weighted by Gasteiger charge is 2.14. The second kappa shape index (κ2) is 9.73. The molecule has 0 unspecified atom stereocenters. The van der Waals surface area contributed by atoms with E-state index in [0.717, 1.165) is 18.2 Å². The van der Waals surface area contributed by atoms with Crippen LogP contribution in [0.15, 0.2) is 50.4 Å². The molecule has 0 aliphatic rings. The zero-order chi connectivity index (χ0) is 17.9. The van der Waals surface area contributed by atoms with Crippen molar-refractivity contribution in [2.75, 3.05) is 0 Å². The number of carbonyl (C=O) groups is 3. The fraction of sp³-hybridized carbons (Fsp3) is 0.176. The Kier molecular flexibility index (Phi) is 7.63. The molecule has 0 saturated carbocycles. The summed E-state index contributed by atoms with van der Waals surface area (Å²) in [5.41, 5.74) is 1.54. The average molecular weight is 331 g/mol. The molecular weight excluding hydrogens is 314 g/mol. The Bertz CT molecular complexity index is 623. The Labute approximate surface area is 139 Å². The number of nitrogens with zero attached hydrogens (tertiary/aromatic N) is 1. The van der Waals surface area contributed by atoms with Crippen molar-refractivity contribution in [1.82, 2.24) is 4.98 Å². The minimum absolute atomic E-state index is 0.0952. The number of ether oxygens (including phenoxy) is 3. The molecule has 1 heterocycles. The van der Waals surface area contributed by atoms with Gasteiger partial charge in [0, 0.05) is 47.3 Å². The zero-order valence-corrected chi connectivity index (χ0v) is 13.0. The number of rotatable bonds is 9. The van der Waals surface area contributed by atoms with Crippen LogP contribution >= 0.6 is 0 Å². The normalized spacial score (nSPS) is 9.50. The third-order valence-electron chi connectivity index (χ3n) is 2.83. The van der Waals surface area contributed by atoms with Gasteiger partial charge in [0.15, 0.2) is 0 Å². The molecule has 1 aromatic rings. The molecule has 0 amide bonds. The summed E-state index contributed by atoms with van der Waals surface area (Å²) in [5.74, 6) is -1.82. The van der Waals surface area contributed by atoms with Gasteiger partial charge in [0.25, 0.3) is 0 Å².